The summed E-state index contributed by atoms with van der Waals surface area (Å²) in [5, 5.41) is 10.5. The van der Waals surface area contributed by atoms with Crippen LogP contribution in [0.4, 0.5) is 11.5 Å². The van der Waals surface area contributed by atoms with Crippen molar-refractivity contribution in [1.29, 1.82) is 0 Å². The van der Waals surface area contributed by atoms with E-state index in [4.69, 9.17) is 23.2 Å². The second kappa shape index (κ2) is 8.95. The maximum Gasteiger partial charge on any atom is 0.261 e. The lowest BCUT2D eigenvalue weighted by atomic mass is 10.2. The van der Waals surface area contributed by atoms with Gasteiger partial charge in [-0.3, -0.25) is 9.59 Å². The molecule has 8 nitrogen and oxygen atoms in total. The van der Waals surface area contributed by atoms with Gasteiger partial charge in [-0.2, -0.15) is 9.78 Å². The molecule has 4 rings (SSSR count). The molecule has 0 spiro atoms. The highest BCUT2D eigenvalue weighted by atomic mass is 35.5. The number of nitrogens with one attached hydrogen (secondary N) is 2. The van der Waals surface area contributed by atoms with Crippen molar-refractivity contribution in [2.45, 2.75) is 0 Å². The van der Waals surface area contributed by atoms with Gasteiger partial charge in [0.05, 0.1) is 11.8 Å². The van der Waals surface area contributed by atoms with Gasteiger partial charge in [0.25, 0.3) is 11.8 Å². The summed E-state index contributed by atoms with van der Waals surface area (Å²) in [7, 11) is 0. The molecule has 10 heteroatoms. The third-order valence-corrected chi connectivity index (χ3v) is 4.68. The molecule has 0 atom stereocenters. The van der Waals surface area contributed by atoms with Gasteiger partial charge in [-0.1, -0.05) is 29.3 Å². The lowest BCUT2D eigenvalue weighted by Gasteiger charge is -2.11. The zero-order valence-corrected chi connectivity index (χ0v) is 17.3. The smallest absolute Gasteiger partial charge is 0.261 e. The molecule has 4 aromatic rings. The molecule has 0 saturated carbocycles. The van der Waals surface area contributed by atoms with Crippen LogP contribution in [-0.2, 0) is 0 Å². The number of rotatable bonds is 5. The van der Waals surface area contributed by atoms with Gasteiger partial charge in [-0.05, 0) is 48.5 Å². The Bertz CT molecular complexity index is 1230. The Hall–Kier alpha value is -3.75. The second-order valence-electron chi connectivity index (χ2n) is 6.29. The molecule has 31 heavy (non-hydrogen) atoms. The van der Waals surface area contributed by atoms with E-state index in [0.717, 1.165) is 0 Å². The fourth-order valence-electron chi connectivity index (χ4n) is 2.71. The lowest BCUT2D eigenvalue weighted by molar-refractivity contribution is 0.102. The number of pyridine rings is 2. The largest absolute Gasteiger partial charge is 0.322 e. The summed E-state index contributed by atoms with van der Waals surface area (Å²) in [6.07, 6.45) is 4.28. The van der Waals surface area contributed by atoms with Crippen molar-refractivity contribution in [3.8, 4) is 5.82 Å². The van der Waals surface area contributed by atoms with Gasteiger partial charge in [0.2, 0.25) is 0 Å². The number of carbonyl (C=O) groups excluding carboxylic acids is 2. The summed E-state index contributed by atoms with van der Waals surface area (Å²) in [5.74, 6) is -0.362. The minimum absolute atomic E-state index is 0.149. The van der Waals surface area contributed by atoms with E-state index in [1.807, 2.05) is 0 Å². The maximum atomic E-state index is 12.9. The molecule has 1 aromatic carbocycles. The first-order valence-corrected chi connectivity index (χ1v) is 9.76. The van der Waals surface area contributed by atoms with E-state index in [1.165, 1.54) is 29.2 Å². The van der Waals surface area contributed by atoms with Gasteiger partial charge >= 0.3 is 0 Å². The van der Waals surface area contributed by atoms with Crippen molar-refractivity contribution in [1.82, 2.24) is 19.7 Å². The van der Waals surface area contributed by atoms with Crippen molar-refractivity contribution in [2.75, 3.05) is 10.6 Å². The van der Waals surface area contributed by atoms with Crippen LogP contribution < -0.4 is 10.6 Å². The number of benzene rings is 1. The van der Waals surface area contributed by atoms with E-state index in [1.54, 1.807) is 48.7 Å². The van der Waals surface area contributed by atoms with Gasteiger partial charge in [0.1, 0.15) is 10.7 Å². The van der Waals surface area contributed by atoms with E-state index >= 15 is 0 Å². The van der Waals surface area contributed by atoms with Gasteiger partial charge in [0, 0.05) is 23.1 Å². The molecule has 0 aliphatic heterocycles. The van der Waals surface area contributed by atoms with E-state index in [9.17, 15) is 9.59 Å². The van der Waals surface area contributed by atoms with Crippen LogP contribution in [0.5, 0.6) is 0 Å². The fraction of sp³-hybridized carbons (Fsp3) is 0. The molecule has 0 bridgehead atoms. The van der Waals surface area contributed by atoms with Crippen LogP contribution in [-0.4, -0.2) is 31.6 Å². The SMILES string of the molecule is O=C(Nc1c(C(=O)Nc2ccc(Cl)cc2)cnn1-c1ccccn1)c1ccc(Cl)nc1. The highest BCUT2D eigenvalue weighted by Gasteiger charge is 2.22. The van der Waals surface area contributed by atoms with Crippen molar-refractivity contribution in [3.63, 3.8) is 0 Å². The Morgan fingerprint density at radius 3 is 2.32 bits per heavy atom. The lowest BCUT2D eigenvalue weighted by Crippen LogP contribution is -2.20. The molecular formula is C21H14Cl2N6O2. The molecule has 154 valence electrons. The molecule has 3 aromatic heterocycles. The number of halogens is 2. The average molecular weight is 453 g/mol. The van der Waals surface area contributed by atoms with E-state index in [2.05, 4.69) is 25.7 Å². The summed E-state index contributed by atoms with van der Waals surface area (Å²) in [6.45, 7) is 0. The predicted molar refractivity (Wildman–Crippen MR) is 118 cm³/mol. The molecule has 2 amide bonds. The average Bonchev–Trinajstić information content (AvgIpc) is 3.20. The Balaban J connectivity index is 1.68. The highest BCUT2D eigenvalue weighted by molar-refractivity contribution is 6.30. The number of amides is 2. The van der Waals surface area contributed by atoms with Gasteiger partial charge < -0.3 is 10.6 Å². The van der Waals surface area contributed by atoms with Crippen LogP contribution in [0.25, 0.3) is 5.82 Å². The minimum Gasteiger partial charge on any atom is -0.322 e. The second-order valence-corrected chi connectivity index (χ2v) is 7.12. The monoisotopic (exact) mass is 452 g/mol. The van der Waals surface area contributed by atoms with Crippen LogP contribution in [0, 0.1) is 0 Å². The minimum atomic E-state index is -0.484. The van der Waals surface area contributed by atoms with Crippen LogP contribution in [0.2, 0.25) is 10.2 Å². The van der Waals surface area contributed by atoms with Crippen molar-refractivity contribution in [3.05, 3.63) is 94.5 Å². The Morgan fingerprint density at radius 1 is 0.839 bits per heavy atom. The van der Waals surface area contributed by atoms with Crippen LogP contribution >= 0.6 is 23.2 Å². The molecule has 0 radical (unpaired) electrons. The molecule has 0 saturated heterocycles. The molecule has 3 heterocycles. The topological polar surface area (TPSA) is 102 Å². The maximum absolute atomic E-state index is 12.9. The van der Waals surface area contributed by atoms with E-state index in [-0.39, 0.29) is 22.1 Å². The van der Waals surface area contributed by atoms with E-state index < -0.39 is 11.8 Å². The predicted octanol–water partition coefficient (Wildman–Crippen LogP) is 4.47. The molecule has 2 N–H and O–H groups in total. The normalized spacial score (nSPS) is 10.5. The number of hydrogen-bond acceptors (Lipinski definition) is 5. The third-order valence-electron chi connectivity index (χ3n) is 4.20. The summed E-state index contributed by atoms with van der Waals surface area (Å²) in [4.78, 5) is 33.9. The molecular weight excluding hydrogens is 439 g/mol. The van der Waals surface area contributed by atoms with Crippen LogP contribution in [0.15, 0.2) is 73.2 Å². The Labute approximate surface area is 186 Å². The van der Waals surface area contributed by atoms with Crippen molar-refractivity contribution < 1.29 is 9.59 Å². The van der Waals surface area contributed by atoms with Gasteiger partial charge in [-0.15, -0.1) is 0 Å². The number of anilines is 2. The summed E-state index contributed by atoms with van der Waals surface area (Å²) in [5.41, 5.74) is 0.956. The molecule has 0 aliphatic rings. The van der Waals surface area contributed by atoms with Crippen molar-refractivity contribution >= 4 is 46.5 Å². The standard InChI is InChI=1S/C21H14Cl2N6O2/c22-14-5-7-15(8-6-14)27-21(31)16-12-26-29(18-3-1-2-10-24-18)19(16)28-20(30)13-4-9-17(23)25-11-13/h1-12H,(H,27,31)(H,28,30). The zero-order chi connectivity index (χ0) is 21.8. The number of hydrogen-bond donors (Lipinski definition) is 2. The number of nitrogens with zero attached hydrogens (tertiary/aromatic N) is 4. The van der Waals surface area contributed by atoms with Gasteiger partial charge in [0.15, 0.2) is 11.6 Å². The zero-order valence-electron chi connectivity index (χ0n) is 15.8. The van der Waals surface area contributed by atoms with E-state index in [0.29, 0.717) is 16.5 Å². The van der Waals surface area contributed by atoms with Crippen LogP contribution in [0.1, 0.15) is 20.7 Å². The van der Waals surface area contributed by atoms with Gasteiger partial charge in [-0.25, -0.2) is 9.97 Å². The summed E-state index contributed by atoms with van der Waals surface area (Å²) in [6, 6.07) is 14.9. The first-order chi connectivity index (χ1) is 15.0. The first kappa shape index (κ1) is 20.5. The number of carbonyl (C=O) groups is 2. The first-order valence-electron chi connectivity index (χ1n) is 9.00. The molecule has 0 aliphatic carbocycles. The summed E-state index contributed by atoms with van der Waals surface area (Å²) < 4.78 is 1.37. The third kappa shape index (κ3) is 4.71. The number of aromatic nitrogens is 4. The van der Waals surface area contributed by atoms with Crippen molar-refractivity contribution in [2.24, 2.45) is 0 Å². The summed E-state index contributed by atoms with van der Waals surface area (Å²) >= 11 is 11.7. The fourth-order valence-corrected chi connectivity index (χ4v) is 2.95. The molecule has 0 unspecified atom stereocenters. The molecule has 0 fully saturated rings. The Morgan fingerprint density at radius 2 is 1.65 bits per heavy atom. The van der Waals surface area contributed by atoms with Crippen LogP contribution in [0.3, 0.4) is 0 Å². The Kier molecular flexibility index (Phi) is 5.92. The quantitative estimate of drug-likeness (QED) is 0.434. The highest BCUT2D eigenvalue weighted by Crippen LogP contribution is 2.22.